The smallest absolute Gasteiger partial charge is 0.170 e. The Hall–Kier alpha value is -2.70. The summed E-state index contributed by atoms with van der Waals surface area (Å²) in [5.74, 6) is 0.496. The van der Waals surface area contributed by atoms with Crippen LogP contribution in [0.4, 0.5) is 10.2 Å². The van der Waals surface area contributed by atoms with Crippen LogP contribution in [-0.2, 0) is 13.7 Å². The summed E-state index contributed by atoms with van der Waals surface area (Å²) in [5, 5.41) is 4.76. The van der Waals surface area contributed by atoms with Crippen LogP contribution in [0.1, 0.15) is 11.4 Å². The van der Waals surface area contributed by atoms with Gasteiger partial charge in [0.1, 0.15) is 12.4 Å². The van der Waals surface area contributed by atoms with E-state index in [0.717, 1.165) is 0 Å². The van der Waals surface area contributed by atoms with E-state index < -0.39 is 0 Å². The molecule has 0 amide bonds. The second-order valence-corrected chi connectivity index (χ2v) is 4.71. The molecule has 108 valence electrons. The van der Waals surface area contributed by atoms with E-state index >= 15 is 0 Å². The van der Waals surface area contributed by atoms with Crippen molar-refractivity contribution < 1.29 is 9.13 Å². The summed E-state index contributed by atoms with van der Waals surface area (Å²) in [6.07, 6.45) is 1.61. The Morgan fingerprint density at radius 1 is 1.33 bits per heavy atom. The van der Waals surface area contributed by atoms with Gasteiger partial charge in [-0.15, -0.1) is 0 Å². The average molecular weight is 287 g/mol. The van der Waals surface area contributed by atoms with Gasteiger partial charge in [-0.05, 0) is 18.6 Å². The predicted molar refractivity (Wildman–Crippen MR) is 76.2 cm³/mol. The first kappa shape index (κ1) is 13.3. The fourth-order valence-electron chi connectivity index (χ4n) is 2.03. The van der Waals surface area contributed by atoms with Gasteiger partial charge in [0.15, 0.2) is 23.0 Å². The molecular formula is C14H14FN5O. The highest BCUT2D eigenvalue weighted by Crippen LogP contribution is 2.21. The molecule has 0 spiro atoms. The molecule has 3 aromatic rings. The zero-order chi connectivity index (χ0) is 15.0. The molecule has 7 heteroatoms. The van der Waals surface area contributed by atoms with E-state index in [2.05, 4.69) is 15.1 Å². The Kier molecular flexibility index (Phi) is 3.17. The molecule has 2 N–H and O–H groups in total. The summed E-state index contributed by atoms with van der Waals surface area (Å²) < 4.78 is 20.9. The molecule has 0 aliphatic rings. The fourth-order valence-corrected chi connectivity index (χ4v) is 2.03. The van der Waals surface area contributed by atoms with Gasteiger partial charge in [0, 0.05) is 7.05 Å². The number of nitrogen functional groups attached to an aromatic ring is 1. The van der Waals surface area contributed by atoms with Crippen molar-refractivity contribution in [1.29, 1.82) is 0 Å². The largest absolute Gasteiger partial charge is 0.483 e. The molecule has 6 nitrogen and oxygen atoms in total. The highest BCUT2D eigenvalue weighted by Gasteiger charge is 2.11. The van der Waals surface area contributed by atoms with Gasteiger partial charge in [-0.1, -0.05) is 12.1 Å². The summed E-state index contributed by atoms with van der Waals surface area (Å²) in [7, 11) is 1.76. The third-order valence-corrected chi connectivity index (χ3v) is 3.18. The second-order valence-electron chi connectivity index (χ2n) is 4.71. The first-order chi connectivity index (χ1) is 10.1. The topological polar surface area (TPSA) is 78.9 Å². The van der Waals surface area contributed by atoms with Crippen LogP contribution >= 0.6 is 0 Å². The van der Waals surface area contributed by atoms with E-state index in [-0.39, 0.29) is 18.2 Å². The van der Waals surface area contributed by atoms with Crippen molar-refractivity contribution in [1.82, 2.24) is 19.7 Å². The summed E-state index contributed by atoms with van der Waals surface area (Å²) in [4.78, 5) is 8.47. The number of fused-ring (bicyclic) bond motifs is 1. The zero-order valence-corrected chi connectivity index (χ0v) is 11.7. The van der Waals surface area contributed by atoms with Gasteiger partial charge >= 0.3 is 0 Å². The fraction of sp³-hybridized carbons (Fsp3) is 0.214. The molecule has 0 radical (unpaired) electrons. The number of aromatic nitrogens is 4. The Morgan fingerprint density at radius 2 is 2.14 bits per heavy atom. The van der Waals surface area contributed by atoms with Crippen molar-refractivity contribution >= 4 is 16.9 Å². The van der Waals surface area contributed by atoms with Crippen LogP contribution in [0.25, 0.3) is 11.0 Å². The number of aryl methyl sites for hydroxylation is 2. The highest BCUT2D eigenvalue weighted by molar-refractivity contribution is 5.84. The third-order valence-electron chi connectivity index (χ3n) is 3.18. The summed E-state index contributed by atoms with van der Waals surface area (Å²) in [6.45, 7) is 1.71. The minimum absolute atomic E-state index is 0.0334. The van der Waals surface area contributed by atoms with Crippen molar-refractivity contribution in [3.63, 3.8) is 0 Å². The molecular weight excluding hydrogens is 273 g/mol. The van der Waals surface area contributed by atoms with Crippen molar-refractivity contribution in [3.05, 3.63) is 41.6 Å². The molecule has 0 fully saturated rings. The quantitative estimate of drug-likeness (QED) is 0.796. The Labute approximate surface area is 120 Å². The zero-order valence-electron chi connectivity index (χ0n) is 11.7. The normalized spacial score (nSPS) is 11.0. The van der Waals surface area contributed by atoms with E-state index in [1.165, 1.54) is 0 Å². The van der Waals surface area contributed by atoms with Crippen molar-refractivity contribution in [2.24, 2.45) is 7.05 Å². The first-order valence-corrected chi connectivity index (χ1v) is 6.38. The van der Waals surface area contributed by atoms with Crippen LogP contribution in [0, 0.1) is 12.7 Å². The summed E-state index contributed by atoms with van der Waals surface area (Å²) in [6, 6.07) is 4.97. The molecule has 0 aliphatic carbocycles. The number of nitrogens with zero attached hydrogens (tertiary/aromatic N) is 4. The van der Waals surface area contributed by atoms with Crippen molar-refractivity contribution in [3.8, 4) is 5.75 Å². The van der Waals surface area contributed by atoms with Crippen LogP contribution in [-0.4, -0.2) is 19.7 Å². The molecule has 2 heterocycles. The van der Waals surface area contributed by atoms with E-state index in [1.807, 2.05) is 0 Å². The van der Waals surface area contributed by atoms with E-state index in [0.29, 0.717) is 28.2 Å². The monoisotopic (exact) mass is 287 g/mol. The molecule has 1 aromatic carbocycles. The maximum absolute atomic E-state index is 13.8. The van der Waals surface area contributed by atoms with Crippen LogP contribution in [0.5, 0.6) is 5.75 Å². The van der Waals surface area contributed by atoms with E-state index in [9.17, 15) is 4.39 Å². The van der Waals surface area contributed by atoms with Gasteiger partial charge in [-0.3, -0.25) is 4.68 Å². The number of hydrogen-bond donors (Lipinski definition) is 1. The minimum atomic E-state index is -0.382. The van der Waals surface area contributed by atoms with Gasteiger partial charge in [-0.2, -0.15) is 5.10 Å². The molecule has 0 saturated carbocycles. The SMILES string of the molecule is Cc1cccc(OCc2nc(N)c3cnn(C)c3n2)c1F. The van der Waals surface area contributed by atoms with Crippen molar-refractivity contribution in [2.45, 2.75) is 13.5 Å². The van der Waals surface area contributed by atoms with Crippen molar-refractivity contribution in [2.75, 3.05) is 5.73 Å². The number of ether oxygens (including phenoxy) is 1. The maximum Gasteiger partial charge on any atom is 0.170 e. The number of hydrogen-bond acceptors (Lipinski definition) is 5. The van der Waals surface area contributed by atoms with Gasteiger partial charge in [-0.25, -0.2) is 14.4 Å². The lowest BCUT2D eigenvalue weighted by atomic mass is 10.2. The molecule has 2 aromatic heterocycles. The molecule has 0 bridgehead atoms. The molecule has 0 aliphatic heterocycles. The lowest BCUT2D eigenvalue weighted by molar-refractivity contribution is 0.281. The number of benzene rings is 1. The van der Waals surface area contributed by atoms with Crippen LogP contribution in [0.15, 0.2) is 24.4 Å². The van der Waals surface area contributed by atoms with Gasteiger partial charge in [0.2, 0.25) is 0 Å². The molecule has 3 rings (SSSR count). The van der Waals surface area contributed by atoms with Gasteiger partial charge < -0.3 is 10.5 Å². The third kappa shape index (κ3) is 2.37. The van der Waals surface area contributed by atoms with Crippen LogP contribution in [0.3, 0.4) is 0 Å². The number of halogens is 1. The number of rotatable bonds is 3. The minimum Gasteiger partial charge on any atom is -0.483 e. The Balaban J connectivity index is 1.88. The molecule has 21 heavy (non-hydrogen) atoms. The molecule has 0 atom stereocenters. The Morgan fingerprint density at radius 3 is 2.95 bits per heavy atom. The van der Waals surface area contributed by atoms with E-state index in [1.54, 1.807) is 43.0 Å². The van der Waals surface area contributed by atoms with Gasteiger partial charge in [0.25, 0.3) is 0 Å². The highest BCUT2D eigenvalue weighted by atomic mass is 19.1. The van der Waals surface area contributed by atoms with Crippen LogP contribution < -0.4 is 10.5 Å². The van der Waals surface area contributed by atoms with E-state index in [4.69, 9.17) is 10.5 Å². The molecule has 0 unspecified atom stereocenters. The van der Waals surface area contributed by atoms with Crippen LogP contribution in [0.2, 0.25) is 0 Å². The number of nitrogens with two attached hydrogens (primary N) is 1. The lowest BCUT2D eigenvalue weighted by Crippen LogP contribution is -2.06. The average Bonchev–Trinajstić information content (AvgIpc) is 2.83. The maximum atomic E-state index is 13.8. The Bertz CT molecular complexity index is 814. The lowest BCUT2D eigenvalue weighted by Gasteiger charge is -2.08. The first-order valence-electron chi connectivity index (χ1n) is 6.38. The molecule has 0 saturated heterocycles. The second kappa shape index (κ2) is 5.01. The predicted octanol–water partition coefficient (Wildman–Crippen LogP) is 1.97. The number of anilines is 1. The summed E-state index contributed by atoms with van der Waals surface area (Å²) >= 11 is 0. The standard InChI is InChI=1S/C14H14FN5O/c1-8-4-3-5-10(12(8)15)21-7-11-18-13(16)9-6-17-20(2)14(9)19-11/h3-6H,7H2,1-2H3,(H2,16,18,19). The van der Waals surface area contributed by atoms with Gasteiger partial charge in [0.05, 0.1) is 11.6 Å². The summed E-state index contributed by atoms with van der Waals surface area (Å²) in [5.41, 5.74) is 7.00.